The fourth-order valence-corrected chi connectivity index (χ4v) is 4.77. The van der Waals surface area contributed by atoms with Gasteiger partial charge in [0.25, 0.3) is 5.69 Å². The summed E-state index contributed by atoms with van der Waals surface area (Å²) in [6, 6.07) is 10.3. The van der Waals surface area contributed by atoms with Crippen LogP contribution >= 0.6 is 0 Å². The molecular formula is C26H29N3O6S. The maximum Gasteiger partial charge on any atom is 0.340 e. The monoisotopic (exact) mass is 511 g/mol. The molecule has 2 aromatic carbocycles. The van der Waals surface area contributed by atoms with Gasteiger partial charge in [-0.1, -0.05) is 37.6 Å². The molecule has 3 aromatic rings. The predicted octanol–water partition coefficient (Wildman–Crippen LogP) is 5.57. The number of hydrogen-bond acceptors (Lipinski definition) is 7. The number of carbonyl (C=O) groups excluding carboxylic acids is 1. The van der Waals surface area contributed by atoms with E-state index in [1.54, 1.807) is 32.0 Å². The van der Waals surface area contributed by atoms with E-state index >= 15 is 0 Å². The van der Waals surface area contributed by atoms with Crippen LogP contribution in [0.2, 0.25) is 0 Å². The number of rotatable bonds is 9. The van der Waals surface area contributed by atoms with Gasteiger partial charge in [-0.2, -0.15) is 13.5 Å². The quantitative estimate of drug-likeness (QED) is 0.159. The molecule has 0 aliphatic heterocycles. The molecule has 0 fully saturated rings. The van der Waals surface area contributed by atoms with Crippen LogP contribution in [0.25, 0.3) is 5.57 Å². The van der Waals surface area contributed by atoms with Crippen LogP contribution in [0.1, 0.15) is 61.7 Å². The summed E-state index contributed by atoms with van der Waals surface area (Å²) in [4.78, 5) is 24.9. The van der Waals surface area contributed by atoms with Crippen LogP contribution in [0, 0.1) is 23.0 Å². The zero-order valence-corrected chi connectivity index (χ0v) is 21.9. The number of ketones is 1. The highest BCUT2D eigenvalue weighted by molar-refractivity contribution is 7.87. The van der Waals surface area contributed by atoms with Crippen LogP contribution in [0.3, 0.4) is 0 Å². The minimum absolute atomic E-state index is 0.0482. The van der Waals surface area contributed by atoms with E-state index in [0.29, 0.717) is 23.2 Å². The Balaban J connectivity index is 2.19. The molecule has 9 nitrogen and oxygen atoms in total. The van der Waals surface area contributed by atoms with Crippen molar-refractivity contribution in [3.8, 4) is 5.88 Å². The van der Waals surface area contributed by atoms with Crippen LogP contribution < -0.4 is 4.18 Å². The second kappa shape index (κ2) is 10.4. The SMILES string of the molecule is CC(C)=C(C)c1c([N+](=O)[O-])ccc(C(=O)c2cnn(CC(C)C)c2OS(=O)(=O)c2ccccc2)c1C. The van der Waals surface area contributed by atoms with E-state index in [0.717, 1.165) is 5.57 Å². The van der Waals surface area contributed by atoms with Gasteiger partial charge in [0.2, 0.25) is 5.88 Å². The number of nitrogens with zero attached hydrogens (tertiary/aromatic N) is 3. The molecule has 0 spiro atoms. The number of nitro benzene ring substituents is 1. The molecule has 10 heteroatoms. The van der Waals surface area contributed by atoms with Crippen LogP contribution in [0.5, 0.6) is 5.88 Å². The lowest BCUT2D eigenvalue weighted by Gasteiger charge is -2.15. The Morgan fingerprint density at radius 2 is 1.72 bits per heavy atom. The molecule has 0 radical (unpaired) electrons. The first-order valence-electron chi connectivity index (χ1n) is 11.4. The molecule has 1 heterocycles. The highest BCUT2D eigenvalue weighted by Gasteiger charge is 2.29. The topological polar surface area (TPSA) is 121 Å². The van der Waals surface area contributed by atoms with Crippen molar-refractivity contribution in [1.29, 1.82) is 0 Å². The fourth-order valence-electron chi connectivity index (χ4n) is 3.80. The van der Waals surface area contributed by atoms with E-state index in [4.69, 9.17) is 4.18 Å². The van der Waals surface area contributed by atoms with Gasteiger partial charge < -0.3 is 4.18 Å². The number of aromatic nitrogens is 2. The average Bonchev–Trinajstić information content (AvgIpc) is 3.19. The summed E-state index contributed by atoms with van der Waals surface area (Å²) in [6.45, 7) is 11.2. The zero-order chi connectivity index (χ0) is 26.8. The minimum Gasteiger partial charge on any atom is -0.358 e. The summed E-state index contributed by atoms with van der Waals surface area (Å²) in [5, 5.41) is 15.9. The smallest absolute Gasteiger partial charge is 0.340 e. The number of hydrogen-bond donors (Lipinski definition) is 0. The van der Waals surface area contributed by atoms with Gasteiger partial charge in [0, 0.05) is 18.2 Å². The predicted molar refractivity (Wildman–Crippen MR) is 137 cm³/mol. The number of nitro groups is 1. The molecule has 0 bridgehead atoms. The molecule has 190 valence electrons. The molecule has 0 amide bonds. The van der Waals surface area contributed by atoms with E-state index in [9.17, 15) is 23.3 Å². The highest BCUT2D eigenvalue weighted by atomic mass is 32.2. The molecular weight excluding hydrogens is 482 g/mol. The van der Waals surface area contributed by atoms with E-state index in [1.807, 2.05) is 27.7 Å². The largest absolute Gasteiger partial charge is 0.358 e. The molecule has 1 aromatic heterocycles. The lowest BCUT2D eigenvalue weighted by atomic mass is 9.90. The lowest BCUT2D eigenvalue weighted by molar-refractivity contribution is -0.385. The third-order valence-corrected chi connectivity index (χ3v) is 7.03. The average molecular weight is 512 g/mol. The van der Waals surface area contributed by atoms with Gasteiger partial charge in [-0.15, -0.1) is 0 Å². The summed E-state index contributed by atoms with van der Waals surface area (Å²) in [5.74, 6) is -0.656. The van der Waals surface area contributed by atoms with Crippen LogP contribution in [-0.4, -0.2) is 28.9 Å². The van der Waals surface area contributed by atoms with Crippen molar-refractivity contribution < 1.29 is 22.3 Å². The number of benzene rings is 2. The number of carbonyl (C=O) groups is 1. The Kier molecular flexibility index (Phi) is 7.78. The fraction of sp³-hybridized carbons (Fsp3) is 0.308. The van der Waals surface area contributed by atoms with E-state index in [2.05, 4.69) is 5.10 Å². The molecule has 0 N–H and O–H groups in total. The van der Waals surface area contributed by atoms with Gasteiger partial charge in [0.05, 0.1) is 16.7 Å². The molecule has 3 rings (SSSR count). The lowest BCUT2D eigenvalue weighted by Crippen LogP contribution is -2.17. The summed E-state index contributed by atoms with van der Waals surface area (Å²) in [6.07, 6.45) is 1.27. The summed E-state index contributed by atoms with van der Waals surface area (Å²) >= 11 is 0. The molecule has 0 atom stereocenters. The summed E-state index contributed by atoms with van der Waals surface area (Å²) < 4.78 is 32.8. The first-order chi connectivity index (χ1) is 16.8. The van der Waals surface area contributed by atoms with Gasteiger partial charge in [-0.3, -0.25) is 14.9 Å². The van der Waals surface area contributed by atoms with Crippen LogP contribution in [-0.2, 0) is 16.7 Å². The summed E-state index contributed by atoms with van der Waals surface area (Å²) in [7, 11) is -4.25. The van der Waals surface area contributed by atoms with Crippen molar-refractivity contribution in [1.82, 2.24) is 9.78 Å². The van der Waals surface area contributed by atoms with Crippen molar-refractivity contribution in [2.24, 2.45) is 5.92 Å². The van der Waals surface area contributed by atoms with E-state index < -0.39 is 20.8 Å². The van der Waals surface area contributed by atoms with Crippen molar-refractivity contribution in [2.75, 3.05) is 0 Å². The standard InChI is InChI=1S/C26H29N3O6S/c1-16(2)15-28-26(35-36(33,34)20-10-8-7-9-11-20)22(14-27-28)25(30)21-12-13-23(29(31)32)24(19(21)6)18(5)17(3)4/h7-14,16H,15H2,1-6H3. The van der Waals surface area contributed by atoms with Crippen molar-refractivity contribution in [3.63, 3.8) is 0 Å². The third-order valence-electron chi connectivity index (χ3n) is 5.80. The van der Waals surface area contributed by atoms with E-state index in [-0.39, 0.29) is 33.5 Å². The van der Waals surface area contributed by atoms with Crippen molar-refractivity contribution in [2.45, 2.75) is 53.0 Å². The normalized spacial score (nSPS) is 11.4. The highest BCUT2D eigenvalue weighted by Crippen LogP contribution is 2.35. The maximum atomic E-state index is 13.7. The minimum atomic E-state index is -4.25. The van der Waals surface area contributed by atoms with Gasteiger partial charge in [-0.25, -0.2) is 4.68 Å². The Morgan fingerprint density at radius 1 is 1.08 bits per heavy atom. The maximum absolute atomic E-state index is 13.7. The van der Waals surface area contributed by atoms with Gasteiger partial charge in [0.1, 0.15) is 10.5 Å². The molecule has 0 aliphatic rings. The third kappa shape index (κ3) is 5.38. The molecule has 36 heavy (non-hydrogen) atoms. The Hall–Kier alpha value is -3.79. The van der Waals surface area contributed by atoms with Crippen LogP contribution in [0.15, 0.2) is 59.1 Å². The second-order valence-electron chi connectivity index (χ2n) is 9.13. The second-order valence-corrected chi connectivity index (χ2v) is 10.7. The summed E-state index contributed by atoms with van der Waals surface area (Å²) in [5.41, 5.74) is 2.37. The Bertz CT molecular complexity index is 1450. The molecule has 0 saturated carbocycles. The van der Waals surface area contributed by atoms with Gasteiger partial charge in [-0.05, 0) is 62.9 Å². The van der Waals surface area contributed by atoms with Crippen molar-refractivity contribution >= 4 is 27.2 Å². The van der Waals surface area contributed by atoms with Crippen LogP contribution in [0.4, 0.5) is 5.69 Å². The van der Waals surface area contributed by atoms with Gasteiger partial charge in [0.15, 0.2) is 5.78 Å². The number of allylic oxidation sites excluding steroid dienone is 2. The molecule has 0 saturated heterocycles. The van der Waals surface area contributed by atoms with Crippen molar-refractivity contribution in [3.05, 3.63) is 86.6 Å². The Labute approximate surface area is 210 Å². The molecule has 0 aliphatic carbocycles. The van der Waals surface area contributed by atoms with E-state index in [1.165, 1.54) is 35.1 Å². The van der Waals surface area contributed by atoms with Gasteiger partial charge >= 0.3 is 10.1 Å². The first kappa shape index (κ1) is 26.8. The zero-order valence-electron chi connectivity index (χ0n) is 21.1. The molecule has 0 unspecified atom stereocenters. The first-order valence-corrected chi connectivity index (χ1v) is 12.8. The Morgan fingerprint density at radius 3 is 2.28 bits per heavy atom.